The lowest BCUT2D eigenvalue weighted by Crippen LogP contribution is -2.31. The van der Waals surface area contributed by atoms with Crippen LogP contribution in [-0.4, -0.2) is 29.1 Å². The molecule has 28 heavy (non-hydrogen) atoms. The summed E-state index contributed by atoms with van der Waals surface area (Å²) in [5.74, 6) is -0.464. The average Bonchev–Trinajstić information content (AvgIpc) is 2.98. The van der Waals surface area contributed by atoms with E-state index in [0.29, 0.717) is 15.7 Å². The minimum Gasteiger partial charge on any atom is -0.493 e. The number of nitrogens with one attached hydrogen (secondary N) is 2. The summed E-state index contributed by atoms with van der Waals surface area (Å²) in [6.45, 7) is 2.08. The third-order valence-electron chi connectivity index (χ3n) is 3.98. The Hall–Kier alpha value is -2.64. The first-order valence-electron chi connectivity index (χ1n) is 8.57. The molecule has 146 valence electrons. The van der Waals surface area contributed by atoms with Crippen LogP contribution in [0.2, 0.25) is 5.02 Å². The Morgan fingerprint density at radius 3 is 2.79 bits per heavy atom. The average molecular weight is 419 g/mol. The van der Waals surface area contributed by atoms with Gasteiger partial charge in [0, 0.05) is 10.7 Å². The minimum atomic E-state index is -0.901. The summed E-state index contributed by atoms with van der Waals surface area (Å²) < 4.78 is 5.36. The minimum absolute atomic E-state index is 0.0525. The van der Waals surface area contributed by atoms with Crippen molar-refractivity contribution in [3.05, 3.63) is 63.5 Å². The number of benzene rings is 2. The Bertz CT molecular complexity index is 915. The first-order valence-corrected chi connectivity index (χ1v) is 9.83. The van der Waals surface area contributed by atoms with E-state index in [2.05, 4.69) is 10.6 Å². The van der Waals surface area contributed by atoms with Crippen molar-refractivity contribution < 1.29 is 19.4 Å². The number of halogens is 1. The molecule has 1 heterocycles. The largest absolute Gasteiger partial charge is 0.493 e. The maximum Gasteiger partial charge on any atom is 0.306 e. The number of hydrogen-bond acceptors (Lipinski definition) is 5. The molecule has 1 amide bonds. The van der Waals surface area contributed by atoms with Crippen molar-refractivity contribution in [2.24, 2.45) is 0 Å². The third kappa shape index (κ3) is 5.43. The van der Waals surface area contributed by atoms with Gasteiger partial charge < -0.3 is 20.5 Å². The van der Waals surface area contributed by atoms with E-state index in [1.165, 1.54) is 11.8 Å². The van der Waals surface area contributed by atoms with E-state index < -0.39 is 5.97 Å². The highest BCUT2D eigenvalue weighted by Gasteiger charge is 2.27. The maximum atomic E-state index is 12.3. The van der Waals surface area contributed by atoms with E-state index in [-0.39, 0.29) is 24.4 Å². The Morgan fingerprint density at radius 2 is 2.07 bits per heavy atom. The molecule has 1 saturated heterocycles. The predicted octanol–water partition coefficient (Wildman–Crippen LogP) is 4.10. The van der Waals surface area contributed by atoms with Crippen molar-refractivity contribution >= 4 is 47.0 Å². The van der Waals surface area contributed by atoms with E-state index in [1.807, 2.05) is 37.3 Å². The molecule has 0 aliphatic carbocycles. The fraction of sp³-hybridized carbons (Fsp3) is 0.200. The number of aliphatic carboxylic acids is 1. The predicted molar refractivity (Wildman–Crippen MR) is 112 cm³/mol. The molecular weight excluding hydrogens is 400 g/mol. The molecule has 1 fully saturated rings. The van der Waals surface area contributed by atoms with Crippen LogP contribution in [0.4, 0.5) is 5.69 Å². The molecule has 2 aromatic rings. The molecule has 2 aromatic carbocycles. The summed E-state index contributed by atoms with van der Waals surface area (Å²) in [5.41, 5.74) is 2.47. The molecule has 1 atom stereocenters. The van der Waals surface area contributed by atoms with Crippen LogP contribution >= 0.6 is 23.4 Å². The van der Waals surface area contributed by atoms with Crippen LogP contribution in [0.25, 0.3) is 6.08 Å². The second-order valence-electron chi connectivity index (χ2n) is 6.14. The highest BCUT2D eigenvalue weighted by atomic mass is 35.5. The van der Waals surface area contributed by atoms with Gasteiger partial charge in [0.15, 0.2) is 5.50 Å². The fourth-order valence-electron chi connectivity index (χ4n) is 2.52. The zero-order valence-corrected chi connectivity index (χ0v) is 16.6. The van der Waals surface area contributed by atoms with Gasteiger partial charge in [-0.3, -0.25) is 9.59 Å². The highest BCUT2D eigenvalue weighted by molar-refractivity contribution is 8.05. The summed E-state index contributed by atoms with van der Waals surface area (Å²) in [7, 11) is 0. The van der Waals surface area contributed by atoms with Crippen molar-refractivity contribution in [3.63, 3.8) is 0 Å². The number of anilines is 1. The quantitative estimate of drug-likeness (QED) is 0.587. The Labute approximate surface area is 171 Å². The van der Waals surface area contributed by atoms with Gasteiger partial charge >= 0.3 is 5.97 Å². The smallest absolute Gasteiger partial charge is 0.306 e. The van der Waals surface area contributed by atoms with Crippen molar-refractivity contribution in [2.45, 2.75) is 18.8 Å². The topological polar surface area (TPSA) is 87.7 Å². The van der Waals surface area contributed by atoms with Gasteiger partial charge in [-0.1, -0.05) is 41.6 Å². The lowest BCUT2D eigenvalue weighted by molar-refractivity contribution is -0.137. The van der Waals surface area contributed by atoms with Crippen LogP contribution in [0.3, 0.4) is 0 Å². The number of carboxylic acids is 1. The molecule has 8 heteroatoms. The van der Waals surface area contributed by atoms with Crippen LogP contribution in [0.5, 0.6) is 5.75 Å². The number of rotatable bonds is 7. The number of carboxylic acid groups (broad SMARTS) is 1. The van der Waals surface area contributed by atoms with Crippen LogP contribution in [0, 0.1) is 6.92 Å². The summed E-state index contributed by atoms with van der Waals surface area (Å²) >= 11 is 7.44. The van der Waals surface area contributed by atoms with E-state index in [1.54, 1.807) is 18.2 Å². The standard InChI is InChI=1S/C20H19ClN2O4S/c1-12-2-5-14(21)11-16(12)22-20-23-19(26)17(28-20)10-13-3-6-15(7-4-13)27-9-8-18(24)25/h2-7,10-11,20,22H,8-9H2,1H3,(H,23,26)(H,24,25)/b17-10-. The molecule has 0 spiro atoms. The van der Waals surface area contributed by atoms with E-state index in [0.717, 1.165) is 16.8 Å². The number of amides is 1. The van der Waals surface area contributed by atoms with Gasteiger partial charge in [0.25, 0.3) is 5.91 Å². The second-order valence-corrected chi connectivity index (χ2v) is 7.73. The zero-order chi connectivity index (χ0) is 20.1. The Kier molecular flexibility index (Phi) is 6.49. The van der Waals surface area contributed by atoms with Crippen LogP contribution in [-0.2, 0) is 9.59 Å². The van der Waals surface area contributed by atoms with E-state index in [4.69, 9.17) is 21.4 Å². The number of ether oxygens (including phenoxy) is 1. The molecule has 0 radical (unpaired) electrons. The number of hydrogen-bond donors (Lipinski definition) is 3. The maximum absolute atomic E-state index is 12.3. The molecule has 0 aromatic heterocycles. The van der Waals surface area contributed by atoms with Crippen molar-refractivity contribution in [2.75, 3.05) is 11.9 Å². The highest BCUT2D eigenvalue weighted by Crippen LogP contribution is 2.31. The van der Waals surface area contributed by atoms with Crippen LogP contribution < -0.4 is 15.4 Å². The van der Waals surface area contributed by atoms with Gasteiger partial charge in [0.05, 0.1) is 17.9 Å². The van der Waals surface area contributed by atoms with Gasteiger partial charge in [-0.15, -0.1) is 0 Å². The number of carbonyl (C=O) groups is 2. The molecule has 1 aliphatic rings. The van der Waals surface area contributed by atoms with Gasteiger partial charge in [0.2, 0.25) is 0 Å². The SMILES string of the molecule is Cc1ccc(Cl)cc1NC1NC(=O)/C(=C/c2ccc(OCCC(=O)O)cc2)S1. The Balaban J connectivity index is 1.62. The van der Waals surface area contributed by atoms with E-state index in [9.17, 15) is 9.59 Å². The lowest BCUT2D eigenvalue weighted by Gasteiger charge is -2.15. The van der Waals surface area contributed by atoms with Gasteiger partial charge in [-0.05, 0) is 48.4 Å². The van der Waals surface area contributed by atoms with Gasteiger partial charge in [0.1, 0.15) is 5.75 Å². The monoisotopic (exact) mass is 418 g/mol. The molecule has 1 unspecified atom stereocenters. The zero-order valence-electron chi connectivity index (χ0n) is 15.1. The molecular formula is C20H19ClN2O4S. The third-order valence-corrected chi connectivity index (χ3v) is 5.24. The summed E-state index contributed by atoms with van der Waals surface area (Å²) in [6.07, 6.45) is 1.75. The summed E-state index contributed by atoms with van der Waals surface area (Å²) in [6, 6.07) is 12.7. The molecule has 1 aliphatic heterocycles. The Morgan fingerprint density at radius 1 is 1.32 bits per heavy atom. The van der Waals surface area contributed by atoms with Crippen molar-refractivity contribution in [3.8, 4) is 5.75 Å². The van der Waals surface area contributed by atoms with Crippen LogP contribution in [0.15, 0.2) is 47.4 Å². The van der Waals surface area contributed by atoms with Crippen molar-refractivity contribution in [1.29, 1.82) is 0 Å². The molecule has 6 nitrogen and oxygen atoms in total. The molecule has 0 saturated carbocycles. The summed E-state index contributed by atoms with van der Waals surface area (Å²) in [4.78, 5) is 23.4. The lowest BCUT2D eigenvalue weighted by atomic mass is 10.2. The second kappa shape index (κ2) is 9.03. The summed E-state index contributed by atoms with van der Waals surface area (Å²) in [5, 5.41) is 15.4. The van der Waals surface area contributed by atoms with Crippen molar-refractivity contribution in [1.82, 2.24) is 5.32 Å². The van der Waals surface area contributed by atoms with Crippen LogP contribution in [0.1, 0.15) is 17.5 Å². The number of carbonyl (C=O) groups excluding carboxylic acids is 1. The first kappa shape index (κ1) is 20.1. The molecule has 0 bridgehead atoms. The van der Waals surface area contributed by atoms with Gasteiger partial charge in [-0.25, -0.2) is 0 Å². The fourth-order valence-corrected chi connectivity index (χ4v) is 3.67. The normalized spacial score (nSPS) is 17.4. The van der Waals surface area contributed by atoms with Gasteiger partial charge in [-0.2, -0.15) is 0 Å². The first-order chi connectivity index (χ1) is 13.4. The molecule has 3 N–H and O–H groups in total. The molecule has 3 rings (SSSR count). The number of thioether (sulfide) groups is 1. The number of aryl methyl sites for hydroxylation is 1. The van der Waals surface area contributed by atoms with E-state index >= 15 is 0 Å².